The van der Waals surface area contributed by atoms with Crippen LogP contribution in [0.2, 0.25) is 0 Å². The molecule has 3 heteroatoms. The van der Waals surface area contributed by atoms with Crippen molar-refractivity contribution in [1.29, 1.82) is 0 Å². The molecule has 13 heavy (non-hydrogen) atoms. The standard InChI is InChI=1S/C10H13BrN2/c11-9-8(4-3-7-13-9)10(12)5-1-2-6-10/h3-4,7H,1-2,5-6,12H2. The molecular formula is C10H13BrN2. The van der Waals surface area contributed by atoms with Gasteiger partial charge in [0.15, 0.2) is 0 Å². The second kappa shape index (κ2) is 3.39. The van der Waals surface area contributed by atoms with E-state index in [9.17, 15) is 0 Å². The molecule has 70 valence electrons. The molecule has 1 aliphatic rings. The van der Waals surface area contributed by atoms with Crippen LogP contribution in [0, 0.1) is 0 Å². The molecule has 2 rings (SSSR count). The SMILES string of the molecule is NC1(c2cccnc2Br)CCCC1. The summed E-state index contributed by atoms with van der Waals surface area (Å²) in [7, 11) is 0. The Bertz CT molecular complexity index is 306. The Morgan fingerprint density at radius 1 is 1.38 bits per heavy atom. The van der Waals surface area contributed by atoms with E-state index >= 15 is 0 Å². The average molecular weight is 241 g/mol. The molecule has 0 aliphatic heterocycles. The highest BCUT2D eigenvalue weighted by Crippen LogP contribution is 2.38. The second-order valence-corrected chi connectivity index (χ2v) is 4.46. The normalized spacial score (nSPS) is 20.5. The molecule has 2 N–H and O–H groups in total. The first kappa shape index (κ1) is 9.16. The van der Waals surface area contributed by atoms with Crippen LogP contribution in [0.3, 0.4) is 0 Å². The largest absolute Gasteiger partial charge is 0.321 e. The third-order valence-corrected chi connectivity index (χ3v) is 3.42. The van der Waals surface area contributed by atoms with Crippen LogP contribution in [0.15, 0.2) is 22.9 Å². The lowest BCUT2D eigenvalue weighted by Gasteiger charge is -2.24. The molecule has 0 unspecified atom stereocenters. The minimum Gasteiger partial charge on any atom is -0.321 e. The molecule has 0 amide bonds. The molecule has 0 radical (unpaired) electrons. The molecule has 1 fully saturated rings. The van der Waals surface area contributed by atoms with Gasteiger partial charge in [0.05, 0.1) is 0 Å². The fourth-order valence-electron chi connectivity index (χ4n) is 2.03. The number of nitrogens with zero attached hydrogens (tertiary/aromatic N) is 1. The van der Waals surface area contributed by atoms with Gasteiger partial charge in [-0.25, -0.2) is 4.98 Å². The van der Waals surface area contributed by atoms with E-state index in [1.807, 2.05) is 6.07 Å². The quantitative estimate of drug-likeness (QED) is 0.767. The Morgan fingerprint density at radius 2 is 2.08 bits per heavy atom. The number of hydrogen-bond acceptors (Lipinski definition) is 2. The number of halogens is 1. The maximum Gasteiger partial charge on any atom is 0.111 e. The van der Waals surface area contributed by atoms with E-state index in [4.69, 9.17) is 5.73 Å². The molecule has 0 spiro atoms. The summed E-state index contributed by atoms with van der Waals surface area (Å²) in [6, 6.07) is 4.02. The van der Waals surface area contributed by atoms with Crippen molar-refractivity contribution < 1.29 is 0 Å². The lowest BCUT2D eigenvalue weighted by Crippen LogP contribution is -2.33. The van der Waals surface area contributed by atoms with Gasteiger partial charge < -0.3 is 5.73 Å². The van der Waals surface area contributed by atoms with Crippen LogP contribution in [0.4, 0.5) is 0 Å². The highest BCUT2D eigenvalue weighted by atomic mass is 79.9. The van der Waals surface area contributed by atoms with Gasteiger partial charge >= 0.3 is 0 Å². The number of hydrogen-bond donors (Lipinski definition) is 1. The number of pyridine rings is 1. The van der Waals surface area contributed by atoms with Crippen molar-refractivity contribution in [3.8, 4) is 0 Å². The van der Waals surface area contributed by atoms with Crippen molar-refractivity contribution in [3.63, 3.8) is 0 Å². The van der Waals surface area contributed by atoms with Crippen LogP contribution in [0.5, 0.6) is 0 Å². The Hall–Kier alpha value is -0.410. The van der Waals surface area contributed by atoms with Crippen LogP contribution in [0.1, 0.15) is 31.2 Å². The van der Waals surface area contributed by atoms with E-state index < -0.39 is 0 Å². The molecule has 1 aliphatic carbocycles. The summed E-state index contributed by atoms with van der Waals surface area (Å²) in [5.74, 6) is 0. The summed E-state index contributed by atoms with van der Waals surface area (Å²) in [5, 5.41) is 0. The van der Waals surface area contributed by atoms with Crippen molar-refractivity contribution in [2.45, 2.75) is 31.2 Å². The van der Waals surface area contributed by atoms with Crippen molar-refractivity contribution >= 4 is 15.9 Å². The minimum absolute atomic E-state index is 0.132. The molecule has 1 heterocycles. The van der Waals surface area contributed by atoms with Gasteiger partial charge in [0.25, 0.3) is 0 Å². The highest BCUT2D eigenvalue weighted by Gasteiger charge is 2.32. The Kier molecular flexibility index (Phi) is 2.39. The molecule has 0 atom stereocenters. The van der Waals surface area contributed by atoms with Gasteiger partial charge in [-0.05, 0) is 34.8 Å². The number of nitrogens with two attached hydrogens (primary N) is 1. The van der Waals surface area contributed by atoms with E-state index in [2.05, 4.69) is 27.0 Å². The average Bonchev–Trinajstić information content (AvgIpc) is 2.54. The Labute approximate surface area is 86.7 Å². The fourth-order valence-corrected chi connectivity index (χ4v) is 2.68. The zero-order chi connectivity index (χ0) is 9.31. The zero-order valence-corrected chi connectivity index (χ0v) is 9.05. The van der Waals surface area contributed by atoms with Crippen molar-refractivity contribution in [1.82, 2.24) is 4.98 Å². The third kappa shape index (κ3) is 1.63. The van der Waals surface area contributed by atoms with Crippen LogP contribution >= 0.6 is 15.9 Å². The monoisotopic (exact) mass is 240 g/mol. The maximum absolute atomic E-state index is 6.31. The van der Waals surface area contributed by atoms with Crippen molar-refractivity contribution in [2.75, 3.05) is 0 Å². The van der Waals surface area contributed by atoms with E-state index in [0.717, 1.165) is 23.0 Å². The first-order valence-corrected chi connectivity index (χ1v) is 5.41. The maximum atomic E-state index is 6.31. The smallest absolute Gasteiger partial charge is 0.111 e. The lowest BCUT2D eigenvalue weighted by atomic mass is 9.91. The van der Waals surface area contributed by atoms with E-state index in [1.54, 1.807) is 6.20 Å². The summed E-state index contributed by atoms with van der Waals surface area (Å²) in [6.45, 7) is 0. The van der Waals surface area contributed by atoms with Gasteiger partial charge in [0, 0.05) is 17.3 Å². The predicted molar refractivity (Wildman–Crippen MR) is 56.3 cm³/mol. The third-order valence-electron chi connectivity index (χ3n) is 2.79. The number of aromatic nitrogens is 1. The fraction of sp³-hybridized carbons (Fsp3) is 0.500. The van der Waals surface area contributed by atoms with Crippen LogP contribution < -0.4 is 5.73 Å². The van der Waals surface area contributed by atoms with Gasteiger partial charge in [-0.1, -0.05) is 18.9 Å². The molecule has 1 aromatic heterocycles. The van der Waals surface area contributed by atoms with Gasteiger partial charge in [0.2, 0.25) is 0 Å². The summed E-state index contributed by atoms with van der Waals surface area (Å²) in [5.41, 5.74) is 7.34. The zero-order valence-electron chi connectivity index (χ0n) is 7.46. The van der Waals surface area contributed by atoms with E-state index in [1.165, 1.54) is 12.8 Å². The van der Waals surface area contributed by atoms with Gasteiger partial charge in [0.1, 0.15) is 4.60 Å². The first-order chi connectivity index (χ1) is 6.22. The Balaban J connectivity index is 2.39. The highest BCUT2D eigenvalue weighted by molar-refractivity contribution is 9.10. The van der Waals surface area contributed by atoms with Crippen LogP contribution in [-0.2, 0) is 5.54 Å². The number of rotatable bonds is 1. The van der Waals surface area contributed by atoms with Crippen LogP contribution in [-0.4, -0.2) is 4.98 Å². The summed E-state index contributed by atoms with van der Waals surface area (Å²) < 4.78 is 0.902. The summed E-state index contributed by atoms with van der Waals surface area (Å²) in [6.07, 6.45) is 6.41. The molecule has 1 saturated carbocycles. The van der Waals surface area contributed by atoms with Gasteiger partial charge in [-0.15, -0.1) is 0 Å². The second-order valence-electron chi connectivity index (χ2n) is 3.71. The molecule has 0 aromatic carbocycles. The predicted octanol–water partition coefficient (Wildman–Crippen LogP) is 2.57. The van der Waals surface area contributed by atoms with Gasteiger partial charge in [-0.3, -0.25) is 0 Å². The molecule has 0 bridgehead atoms. The van der Waals surface area contributed by atoms with Crippen molar-refractivity contribution in [2.24, 2.45) is 5.73 Å². The Morgan fingerprint density at radius 3 is 2.69 bits per heavy atom. The molecular weight excluding hydrogens is 228 g/mol. The van der Waals surface area contributed by atoms with Crippen molar-refractivity contribution in [3.05, 3.63) is 28.5 Å². The van der Waals surface area contributed by atoms with E-state index in [-0.39, 0.29) is 5.54 Å². The summed E-state index contributed by atoms with van der Waals surface area (Å²) in [4.78, 5) is 4.21. The minimum atomic E-state index is -0.132. The molecule has 1 aromatic rings. The van der Waals surface area contributed by atoms with Crippen LogP contribution in [0.25, 0.3) is 0 Å². The molecule has 2 nitrogen and oxygen atoms in total. The van der Waals surface area contributed by atoms with E-state index in [0.29, 0.717) is 0 Å². The summed E-state index contributed by atoms with van der Waals surface area (Å²) >= 11 is 3.45. The first-order valence-electron chi connectivity index (χ1n) is 4.62. The molecule has 0 saturated heterocycles. The topological polar surface area (TPSA) is 38.9 Å². The van der Waals surface area contributed by atoms with Gasteiger partial charge in [-0.2, -0.15) is 0 Å². The lowest BCUT2D eigenvalue weighted by molar-refractivity contribution is 0.457.